The van der Waals surface area contributed by atoms with Gasteiger partial charge in [-0.25, -0.2) is 0 Å². The molecule has 112 valence electrons. The van der Waals surface area contributed by atoms with Gasteiger partial charge in [0.25, 0.3) is 5.91 Å². The number of amides is 1. The van der Waals surface area contributed by atoms with E-state index in [0.717, 1.165) is 24.2 Å². The van der Waals surface area contributed by atoms with Crippen molar-refractivity contribution in [2.45, 2.75) is 33.2 Å². The van der Waals surface area contributed by atoms with Crippen LogP contribution in [0.5, 0.6) is 0 Å². The first-order valence-corrected chi connectivity index (χ1v) is 7.05. The maximum Gasteiger partial charge on any atom is 0.251 e. The highest BCUT2D eigenvalue weighted by atomic mass is 16.1. The van der Waals surface area contributed by atoms with E-state index < -0.39 is 0 Å². The van der Waals surface area contributed by atoms with E-state index in [1.165, 1.54) is 0 Å². The summed E-state index contributed by atoms with van der Waals surface area (Å²) in [6, 6.07) is 5.96. The van der Waals surface area contributed by atoms with Gasteiger partial charge in [0, 0.05) is 24.7 Å². The highest BCUT2D eigenvalue weighted by Gasteiger charge is 2.09. The number of benzene rings is 1. The van der Waals surface area contributed by atoms with E-state index in [1.807, 2.05) is 19.1 Å². The minimum atomic E-state index is -0.0470. The molecule has 20 heavy (non-hydrogen) atoms. The highest BCUT2D eigenvalue weighted by molar-refractivity contribution is 5.94. The molecule has 1 rings (SSSR count). The number of nitrogens with zero attached hydrogens (tertiary/aromatic N) is 1. The zero-order valence-electron chi connectivity index (χ0n) is 12.9. The first-order chi connectivity index (χ1) is 9.49. The predicted octanol–water partition coefficient (Wildman–Crippen LogP) is 1.74. The molecule has 0 spiro atoms. The van der Waals surface area contributed by atoms with Crippen molar-refractivity contribution in [3.05, 3.63) is 29.3 Å². The summed E-state index contributed by atoms with van der Waals surface area (Å²) < 4.78 is 0. The summed E-state index contributed by atoms with van der Waals surface area (Å²) in [7, 11) is 2.08. The molecule has 1 atom stereocenters. The molecule has 0 aromatic heterocycles. The summed E-state index contributed by atoms with van der Waals surface area (Å²) in [6.07, 6.45) is 1.11. The molecule has 1 aromatic rings. The summed E-state index contributed by atoms with van der Waals surface area (Å²) >= 11 is 0. The number of nitrogen functional groups attached to an aromatic ring is 1. The maximum atomic E-state index is 12.0. The van der Waals surface area contributed by atoms with Gasteiger partial charge in [-0.15, -0.1) is 0 Å². The van der Waals surface area contributed by atoms with Crippen molar-refractivity contribution in [2.75, 3.05) is 25.6 Å². The van der Waals surface area contributed by atoms with Gasteiger partial charge in [0.1, 0.15) is 0 Å². The molecule has 0 fully saturated rings. The summed E-state index contributed by atoms with van der Waals surface area (Å²) in [4.78, 5) is 14.3. The van der Waals surface area contributed by atoms with Crippen molar-refractivity contribution in [2.24, 2.45) is 5.84 Å². The second-order valence-corrected chi connectivity index (χ2v) is 5.17. The third-order valence-corrected chi connectivity index (χ3v) is 3.74. The topological polar surface area (TPSA) is 70.4 Å². The number of hydrazine groups is 1. The maximum absolute atomic E-state index is 12.0. The lowest BCUT2D eigenvalue weighted by molar-refractivity contribution is 0.0947. The summed E-state index contributed by atoms with van der Waals surface area (Å²) in [5.74, 6) is 5.33. The van der Waals surface area contributed by atoms with Crippen molar-refractivity contribution in [1.29, 1.82) is 0 Å². The van der Waals surface area contributed by atoms with Crippen LogP contribution in [-0.4, -0.2) is 37.0 Å². The summed E-state index contributed by atoms with van der Waals surface area (Å²) in [6.45, 7) is 7.76. The van der Waals surface area contributed by atoms with Gasteiger partial charge in [-0.2, -0.15) is 0 Å². The van der Waals surface area contributed by atoms with Gasteiger partial charge in [0.2, 0.25) is 0 Å². The lowest BCUT2D eigenvalue weighted by Gasteiger charge is -2.23. The second-order valence-electron chi connectivity index (χ2n) is 5.17. The van der Waals surface area contributed by atoms with Crippen LogP contribution in [-0.2, 0) is 0 Å². The lowest BCUT2D eigenvalue weighted by Crippen LogP contribution is -2.37. The molecular formula is C15H26N4O. The first-order valence-electron chi connectivity index (χ1n) is 7.05. The summed E-state index contributed by atoms with van der Waals surface area (Å²) in [5.41, 5.74) is 5.05. The number of anilines is 1. The number of nitrogens with two attached hydrogens (primary N) is 1. The quantitative estimate of drug-likeness (QED) is 0.525. The molecule has 0 aliphatic carbocycles. The Balaban J connectivity index is 2.49. The fourth-order valence-corrected chi connectivity index (χ4v) is 1.95. The van der Waals surface area contributed by atoms with E-state index in [-0.39, 0.29) is 5.91 Å². The van der Waals surface area contributed by atoms with E-state index in [0.29, 0.717) is 18.2 Å². The second kappa shape index (κ2) is 7.87. The predicted molar refractivity (Wildman–Crippen MR) is 83.7 cm³/mol. The van der Waals surface area contributed by atoms with Gasteiger partial charge in [-0.1, -0.05) is 6.92 Å². The van der Waals surface area contributed by atoms with Crippen LogP contribution in [0, 0.1) is 6.92 Å². The Morgan fingerprint density at radius 3 is 2.70 bits per heavy atom. The van der Waals surface area contributed by atoms with Gasteiger partial charge >= 0.3 is 0 Å². The molecule has 0 radical (unpaired) electrons. The zero-order chi connectivity index (χ0) is 15.1. The molecule has 1 aromatic carbocycles. The third kappa shape index (κ3) is 4.51. The van der Waals surface area contributed by atoms with Gasteiger partial charge in [-0.3, -0.25) is 10.6 Å². The van der Waals surface area contributed by atoms with Crippen molar-refractivity contribution < 1.29 is 4.79 Å². The van der Waals surface area contributed by atoms with Crippen LogP contribution >= 0.6 is 0 Å². The molecule has 0 aliphatic rings. The van der Waals surface area contributed by atoms with Crippen molar-refractivity contribution in [3.63, 3.8) is 0 Å². The molecule has 0 saturated carbocycles. The third-order valence-electron chi connectivity index (χ3n) is 3.74. The number of likely N-dealkylation sites (N-methyl/N-ethyl adjacent to an activating group) is 1. The Morgan fingerprint density at radius 2 is 2.15 bits per heavy atom. The molecule has 5 nitrogen and oxygen atoms in total. The van der Waals surface area contributed by atoms with Gasteiger partial charge in [0.05, 0.1) is 5.69 Å². The van der Waals surface area contributed by atoms with Crippen molar-refractivity contribution in [1.82, 2.24) is 10.2 Å². The molecule has 0 bridgehead atoms. The molecule has 4 N–H and O–H groups in total. The standard InChI is InChI=1S/C15H26N4O/c1-5-12(3)19(4)9-8-17-15(20)13-6-7-14(18-16)11(2)10-13/h6-7,10,12,18H,5,8-9,16H2,1-4H3,(H,17,20). The Labute approximate surface area is 121 Å². The minimum Gasteiger partial charge on any atom is -0.351 e. The number of aryl methyl sites for hydroxylation is 1. The SMILES string of the molecule is CCC(C)N(C)CCNC(=O)c1ccc(NN)c(C)c1. The summed E-state index contributed by atoms with van der Waals surface area (Å²) in [5, 5.41) is 2.94. The molecule has 1 amide bonds. The van der Waals surface area contributed by atoms with E-state index in [2.05, 4.69) is 36.5 Å². The largest absolute Gasteiger partial charge is 0.351 e. The minimum absolute atomic E-state index is 0.0470. The molecule has 0 saturated heterocycles. The van der Waals surface area contributed by atoms with Crippen molar-refractivity contribution in [3.8, 4) is 0 Å². The van der Waals surface area contributed by atoms with Crippen molar-refractivity contribution >= 4 is 11.6 Å². The van der Waals surface area contributed by atoms with Crippen LogP contribution < -0.4 is 16.6 Å². The van der Waals surface area contributed by atoms with Crippen LogP contribution in [0.1, 0.15) is 36.2 Å². The van der Waals surface area contributed by atoms with E-state index in [9.17, 15) is 4.79 Å². The fourth-order valence-electron chi connectivity index (χ4n) is 1.95. The monoisotopic (exact) mass is 278 g/mol. The molecule has 1 unspecified atom stereocenters. The molecular weight excluding hydrogens is 252 g/mol. The van der Waals surface area contributed by atoms with Crippen LogP contribution in [0.4, 0.5) is 5.69 Å². The van der Waals surface area contributed by atoms with Gasteiger partial charge in [-0.05, 0) is 51.1 Å². The van der Waals surface area contributed by atoms with E-state index in [1.54, 1.807) is 6.07 Å². The number of hydrogen-bond donors (Lipinski definition) is 3. The molecule has 0 heterocycles. The Hall–Kier alpha value is -1.59. The first kappa shape index (κ1) is 16.5. The Morgan fingerprint density at radius 1 is 1.45 bits per heavy atom. The van der Waals surface area contributed by atoms with Crippen LogP contribution in [0.2, 0.25) is 0 Å². The van der Waals surface area contributed by atoms with Crippen LogP contribution in [0.25, 0.3) is 0 Å². The molecule has 5 heteroatoms. The number of rotatable bonds is 7. The van der Waals surface area contributed by atoms with Gasteiger partial charge < -0.3 is 15.6 Å². The van der Waals surface area contributed by atoms with E-state index >= 15 is 0 Å². The van der Waals surface area contributed by atoms with Crippen LogP contribution in [0.3, 0.4) is 0 Å². The van der Waals surface area contributed by atoms with Crippen LogP contribution in [0.15, 0.2) is 18.2 Å². The van der Waals surface area contributed by atoms with E-state index in [4.69, 9.17) is 5.84 Å². The van der Waals surface area contributed by atoms with Gasteiger partial charge in [0.15, 0.2) is 0 Å². The normalized spacial score (nSPS) is 12.3. The number of carbonyl (C=O) groups is 1. The molecule has 0 aliphatic heterocycles. The fraction of sp³-hybridized carbons (Fsp3) is 0.533. The Kier molecular flexibility index (Phi) is 6.48. The zero-order valence-corrected chi connectivity index (χ0v) is 12.9. The average Bonchev–Trinajstić information content (AvgIpc) is 2.45. The lowest BCUT2D eigenvalue weighted by atomic mass is 10.1. The highest BCUT2D eigenvalue weighted by Crippen LogP contribution is 2.15. The Bertz CT molecular complexity index is 447. The number of carbonyl (C=O) groups excluding carboxylic acids is 1. The number of hydrogen-bond acceptors (Lipinski definition) is 4. The number of nitrogens with one attached hydrogen (secondary N) is 2. The smallest absolute Gasteiger partial charge is 0.251 e. The average molecular weight is 278 g/mol.